The largest absolute Gasteiger partial charge is 0.465 e. The molecule has 8 nitrogen and oxygen atoms in total. The molecule has 2 aromatic heterocycles. The zero-order chi connectivity index (χ0) is 19.6. The van der Waals surface area contributed by atoms with Gasteiger partial charge in [0.15, 0.2) is 12.4 Å². The number of Topliss-reactive ketones (excluding diaryl/α,β-unsaturated/α-hetero) is 1. The van der Waals surface area contributed by atoms with Crippen molar-refractivity contribution in [2.75, 3.05) is 13.7 Å². The Hall–Kier alpha value is -2.90. The van der Waals surface area contributed by atoms with Crippen LogP contribution in [-0.4, -0.2) is 41.6 Å². The lowest BCUT2D eigenvalue weighted by Crippen LogP contribution is -2.17. The first-order valence-corrected chi connectivity index (χ1v) is 8.12. The summed E-state index contributed by atoms with van der Waals surface area (Å²) in [7, 11) is 1.27. The molecule has 0 atom stereocenters. The van der Waals surface area contributed by atoms with Gasteiger partial charge < -0.3 is 19.0 Å². The quantitative estimate of drug-likeness (QED) is 0.621. The van der Waals surface area contributed by atoms with Crippen LogP contribution in [0.4, 0.5) is 0 Å². The fraction of sp³-hybridized carbons (Fsp3) is 0.444. The number of esters is 2. The highest BCUT2D eigenvalue weighted by Gasteiger charge is 2.26. The number of rotatable bonds is 6. The van der Waals surface area contributed by atoms with Crippen molar-refractivity contribution in [1.82, 2.24) is 10.1 Å². The van der Waals surface area contributed by atoms with Crippen molar-refractivity contribution in [1.29, 1.82) is 0 Å². The van der Waals surface area contributed by atoms with Crippen LogP contribution in [0, 0.1) is 20.8 Å². The van der Waals surface area contributed by atoms with Gasteiger partial charge in [0.2, 0.25) is 5.78 Å². The topological polar surface area (TPSA) is 111 Å². The van der Waals surface area contributed by atoms with E-state index >= 15 is 0 Å². The van der Waals surface area contributed by atoms with Crippen molar-refractivity contribution < 1.29 is 28.4 Å². The maximum atomic E-state index is 12.4. The molecule has 0 aliphatic heterocycles. The molecule has 0 amide bonds. The van der Waals surface area contributed by atoms with Crippen LogP contribution in [0.15, 0.2) is 4.52 Å². The number of H-pyrrole nitrogens is 1. The van der Waals surface area contributed by atoms with Crippen molar-refractivity contribution >= 4 is 17.7 Å². The number of carbonyl (C=O) groups excluding carboxylic acids is 3. The van der Waals surface area contributed by atoms with Gasteiger partial charge in [-0.3, -0.25) is 4.79 Å². The molecule has 0 aromatic carbocycles. The Kier molecular flexibility index (Phi) is 5.64. The first-order chi connectivity index (χ1) is 12.2. The number of nitrogens with one attached hydrogen (secondary N) is 1. The van der Waals surface area contributed by atoms with E-state index in [1.54, 1.807) is 20.8 Å². The first kappa shape index (κ1) is 19.4. The van der Waals surface area contributed by atoms with E-state index in [9.17, 15) is 14.4 Å². The highest BCUT2D eigenvalue weighted by molar-refractivity contribution is 6.03. The molecular formula is C18H22N2O6. The van der Waals surface area contributed by atoms with Gasteiger partial charge in [0.25, 0.3) is 0 Å². The molecule has 0 unspecified atom stereocenters. The lowest BCUT2D eigenvalue weighted by molar-refractivity contribution is 0.0469. The zero-order valence-corrected chi connectivity index (χ0v) is 15.7. The summed E-state index contributed by atoms with van der Waals surface area (Å²) in [5, 5.41) is 3.78. The van der Waals surface area contributed by atoms with E-state index in [0.29, 0.717) is 28.3 Å². The number of ketones is 1. The van der Waals surface area contributed by atoms with Gasteiger partial charge in [0.05, 0.1) is 24.1 Å². The summed E-state index contributed by atoms with van der Waals surface area (Å²) in [4.78, 5) is 39.4. The van der Waals surface area contributed by atoms with Gasteiger partial charge >= 0.3 is 11.9 Å². The Morgan fingerprint density at radius 3 is 2.35 bits per heavy atom. The molecule has 0 spiro atoms. The highest BCUT2D eigenvalue weighted by Crippen LogP contribution is 2.23. The molecule has 0 fully saturated rings. The summed E-state index contributed by atoms with van der Waals surface area (Å²) in [5.41, 5.74) is 2.13. The standard InChI is InChI=1S/C18H22N2O6/c1-8(2)16-14(11(5)20-26-16)18(23)25-7-12(21)15-9(3)13(10(4)19-15)17(22)24-6/h8,19H,7H2,1-6H3. The lowest BCUT2D eigenvalue weighted by atomic mass is 10.1. The Balaban J connectivity index is 2.16. The Labute approximate surface area is 150 Å². The van der Waals surface area contributed by atoms with Crippen LogP contribution in [0.1, 0.15) is 73.7 Å². The van der Waals surface area contributed by atoms with Crippen molar-refractivity contribution in [2.24, 2.45) is 0 Å². The zero-order valence-electron chi connectivity index (χ0n) is 15.7. The van der Waals surface area contributed by atoms with Gasteiger partial charge in [-0.15, -0.1) is 0 Å². The number of nitrogens with zero attached hydrogens (tertiary/aromatic N) is 1. The average molecular weight is 362 g/mol. The van der Waals surface area contributed by atoms with Gasteiger partial charge in [-0.25, -0.2) is 9.59 Å². The molecule has 8 heteroatoms. The molecule has 0 saturated carbocycles. The minimum atomic E-state index is -0.671. The molecule has 2 rings (SSSR count). The molecule has 1 N–H and O–H groups in total. The van der Waals surface area contributed by atoms with E-state index < -0.39 is 24.3 Å². The highest BCUT2D eigenvalue weighted by atomic mass is 16.5. The third-order valence-corrected chi connectivity index (χ3v) is 4.06. The second kappa shape index (κ2) is 7.55. The van der Waals surface area contributed by atoms with E-state index in [2.05, 4.69) is 10.1 Å². The number of aromatic amines is 1. The first-order valence-electron chi connectivity index (χ1n) is 8.12. The molecular weight excluding hydrogens is 340 g/mol. The third kappa shape index (κ3) is 3.54. The van der Waals surface area contributed by atoms with Crippen LogP contribution in [0.5, 0.6) is 0 Å². The number of aryl methyl sites for hydroxylation is 2. The number of aromatic nitrogens is 2. The second-order valence-electron chi connectivity index (χ2n) is 6.28. The molecule has 26 heavy (non-hydrogen) atoms. The van der Waals surface area contributed by atoms with E-state index in [-0.39, 0.29) is 17.2 Å². The Bertz CT molecular complexity index is 859. The molecule has 0 saturated heterocycles. The SMILES string of the molecule is COC(=O)c1c(C)[nH]c(C(=O)COC(=O)c2c(C)noc2C(C)C)c1C. The molecule has 0 radical (unpaired) electrons. The Morgan fingerprint density at radius 2 is 1.77 bits per heavy atom. The van der Waals surface area contributed by atoms with E-state index in [4.69, 9.17) is 14.0 Å². The predicted octanol–water partition coefficient (Wildman–Crippen LogP) is 2.88. The van der Waals surface area contributed by atoms with Crippen LogP contribution in [-0.2, 0) is 9.47 Å². The van der Waals surface area contributed by atoms with E-state index in [1.165, 1.54) is 7.11 Å². The summed E-state index contributed by atoms with van der Waals surface area (Å²) in [6.45, 7) is 8.18. The van der Waals surface area contributed by atoms with Crippen LogP contribution in [0.2, 0.25) is 0 Å². The van der Waals surface area contributed by atoms with Crippen molar-refractivity contribution in [2.45, 2.75) is 40.5 Å². The van der Waals surface area contributed by atoms with Crippen LogP contribution < -0.4 is 0 Å². The van der Waals surface area contributed by atoms with Crippen LogP contribution >= 0.6 is 0 Å². The molecule has 2 aromatic rings. The van der Waals surface area contributed by atoms with Crippen molar-refractivity contribution in [3.8, 4) is 0 Å². The van der Waals surface area contributed by atoms with E-state index in [1.807, 2.05) is 13.8 Å². The number of ether oxygens (including phenoxy) is 2. The fourth-order valence-electron chi connectivity index (χ4n) is 2.74. The third-order valence-electron chi connectivity index (χ3n) is 4.06. The fourth-order valence-corrected chi connectivity index (χ4v) is 2.74. The van der Waals surface area contributed by atoms with Crippen LogP contribution in [0.3, 0.4) is 0 Å². The average Bonchev–Trinajstić information content (AvgIpc) is 3.11. The van der Waals surface area contributed by atoms with E-state index in [0.717, 1.165) is 0 Å². The number of hydrogen-bond acceptors (Lipinski definition) is 7. The minimum Gasteiger partial charge on any atom is -0.465 e. The predicted molar refractivity (Wildman–Crippen MR) is 91.5 cm³/mol. The minimum absolute atomic E-state index is 0.0506. The Morgan fingerprint density at radius 1 is 1.12 bits per heavy atom. The maximum Gasteiger partial charge on any atom is 0.344 e. The van der Waals surface area contributed by atoms with Crippen LogP contribution in [0.25, 0.3) is 0 Å². The summed E-state index contributed by atoms with van der Waals surface area (Å²) in [5.74, 6) is -1.29. The second-order valence-corrected chi connectivity index (χ2v) is 6.28. The smallest absolute Gasteiger partial charge is 0.344 e. The summed E-state index contributed by atoms with van der Waals surface area (Å²) >= 11 is 0. The summed E-state index contributed by atoms with van der Waals surface area (Å²) in [6.07, 6.45) is 0. The number of hydrogen-bond donors (Lipinski definition) is 1. The van der Waals surface area contributed by atoms with Gasteiger partial charge in [-0.05, 0) is 26.3 Å². The van der Waals surface area contributed by atoms with Gasteiger partial charge in [0, 0.05) is 11.6 Å². The molecule has 0 aliphatic carbocycles. The molecule has 0 aliphatic rings. The number of carbonyl (C=O) groups is 3. The maximum absolute atomic E-state index is 12.4. The number of methoxy groups -OCH3 is 1. The lowest BCUT2D eigenvalue weighted by Gasteiger charge is -2.06. The summed E-state index contributed by atoms with van der Waals surface area (Å²) < 4.78 is 15.0. The molecule has 0 bridgehead atoms. The molecule has 140 valence electrons. The van der Waals surface area contributed by atoms with Crippen molar-refractivity contribution in [3.05, 3.63) is 39.5 Å². The normalized spacial score (nSPS) is 10.9. The van der Waals surface area contributed by atoms with Gasteiger partial charge in [-0.1, -0.05) is 19.0 Å². The van der Waals surface area contributed by atoms with Crippen molar-refractivity contribution in [3.63, 3.8) is 0 Å². The van der Waals surface area contributed by atoms with Gasteiger partial charge in [0.1, 0.15) is 5.56 Å². The monoisotopic (exact) mass is 362 g/mol. The van der Waals surface area contributed by atoms with Gasteiger partial charge in [-0.2, -0.15) is 0 Å². The molecule has 2 heterocycles. The summed E-state index contributed by atoms with van der Waals surface area (Å²) in [6, 6.07) is 0.